The number of nitrogens with zero attached hydrogens (tertiary/aromatic N) is 2. The predicted molar refractivity (Wildman–Crippen MR) is 131 cm³/mol. The standard InChI is InChI=1S/C26H30N2O3S/c1-3-19-10-8-9-13-21(19)27-26-28(20-11-6-5-7-12-20)25(30)24(32-26)17-18-14-15-22(29)23(16-18)31-4-2/h8-10,13-17,20,29H,3-7,11-12H2,1-2H3/b24-17+,27-26?. The van der Waals surface area contributed by atoms with Crippen LogP contribution in [0.3, 0.4) is 0 Å². The number of amidine groups is 1. The third kappa shape index (κ3) is 4.85. The fourth-order valence-electron chi connectivity index (χ4n) is 4.29. The molecule has 0 spiro atoms. The van der Waals surface area contributed by atoms with Gasteiger partial charge in [0.1, 0.15) is 0 Å². The highest BCUT2D eigenvalue weighted by Gasteiger charge is 2.38. The lowest BCUT2D eigenvalue weighted by Gasteiger charge is -2.30. The van der Waals surface area contributed by atoms with Crippen molar-refractivity contribution in [3.8, 4) is 11.5 Å². The van der Waals surface area contributed by atoms with Crippen LogP contribution in [0.25, 0.3) is 6.08 Å². The van der Waals surface area contributed by atoms with Gasteiger partial charge in [0.25, 0.3) is 5.91 Å². The lowest BCUT2D eigenvalue weighted by atomic mass is 9.94. The number of carbonyl (C=O) groups is 1. The van der Waals surface area contributed by atoms with E-state index >= 15 is 0 Å². The maximum absolute atomic E-state index is 13.5. The van der Waals surface area contributed by atoms with Gasteiger partial charge < -0.3 is 9.84 Å². The van der Waals surface area contributed by atoms with E-state index in [1.165, 1.54) is 23.7 Å². The van der Waals surface area contributed by atoms with E-state index in [-0.39, 0.29) is 17.7 Å². The summed E-state index contributed by atoms with van der Waals surface area (Å²) in [4.78, 5) is 21.1. The first-order chi connectivity index (χ1) is 15.6. The molecule has 0 unspecified atom stereocenters. The molecule has 0 bridgehead atoms. The third-order valence-corrected chi connectivity index (χ3v) is 6.93. The minimum Gasteiger partial charge on any atom is -0.504 e. The van der Waals surface area contributed by atoms with Crippen LogP contribution < -0.4 is 4.74 Å². The molecule has 2 fully saturated rings. The largest absolute Gasteiger partial charge is 0.504 e. The number of hydrogen-bond acceptors (Lipinski definition) is 5. The minimum atomic E-state index is 0.0145. The molecule has 1 aliphatic heterocycles. The monoisotopic (exact) mass is 450 g/mol. The van der Waals surface area contributed by atoms with E-state index < -0.39 is 0 Å². The summed E-state index contributed by atoms with van der Waals surface area (Å²) < 4.78 is 5.51. The van der Waals surface area contributed by atoms with Crippen molar-refractivity contribution >= 4 is 34.6 Å². The Hall–Kier alpha value is -2.73. The van der Waals surface area contributed by atoms with E-state index in [2.05, 4.69) is 13.0 Å². The average molecular weight is 451 g/mol. The second-order valence-corrected chi connectivity index (χ2v) is 9.12. The number of para-hydroxylation sites is 1. The van der Waals surface area contributed by atoms with Gasteiger partial charge in [-0.1, -0.05) is 50.5 Å². The Morgan fingerprint density at radius 1 is 1.16 bits per heavy atom. The van der Waals surface area contributed by atoms with Crippen molar-refractivity contribution in [2.24, 2.45) is 4.99 Å². The molecule has 1 heterocycles. The second-order valence-electron chi connectivity index (χ2n) is 8.11. The SMILES string of the molecule is CCOc1cc(/C=C2/SC(=Nc3ccccc3CC)N(C3CCCCC3)C2=O)ccc1O. The Bertz CT molecular complexity index is 1040. The molecule has 1 saturated carbocycles. The molecule has 1 aliphatic carbocycles. The van der Waals surface area contributed by atoms with Gasteiger partial charge in [0.2, 0.25) is 0 Å². The van der Waals surface area contributed by atoms with Crippen molar-refractivity contribution < 1.29 is 14.6 Å². The van der Waals surface area contributed by atoms with Crippen LogP contribution in [0, 0.1) is 0 Å². The van der Waals surface area contributed by atoms with Crippen molar-refractivity contribution in [1.29, 1.82) is 0 Å². The lowest BCUT2D eigenvalue weighted by Crippen LogP contribution is -2.40. The number of aromatic hydroxyl groups is 1. The van der Waals surface area contributed by atoms with Gasteiger partial charge in [0, 0.05) is 6.04 Å². The predicted octanol–water partition coefficient (Wildman–Crippen LogP) is 6.29. The highest BCUT2D eigenvalue weighted by atomic mass is 32.2. The molecule has 0 atom stereocenters. The molecule has 0 aromatic heterocycles. The first-order valence-electron chi connectivity index (χ1n) is 11.5. The van der Waals surface area contributed by atoms with Crippen LogP contribution >= 0.6 is 11.8 Å². The van der Waals surface area contributed by atoms with Crippen LogP contribution in [0.1, 0.15) is 57.1 Å². The number of phenolic OH excluding ortho intramolecular Hbond substituents is 1. The van der Waals surface area contributed by atoms with Crippen molar-refractivity contribution in [2.45, 2.75) is 58.4 Å². The van der Waals surface area contributed by atoms with Gasteiger partial charge in [0.15, 0.2) is 16.7 Å². The number of phenols is 1. The maximum Gasteiger partial charge on any atom is 0.267 e. The Morgan fingerprint density at radius 3 is 2.69 bits per heavy atom. The summed E-state index contributed by atoms with van der Waals surface area (Å²) in [5.41, 5.74) is 2.92. The minimum absolute atomic E-state index is 0.0145. The molecule has 2 aliphatic rings. The molecule has 0 radical (unpaired) electrons. The van der Waals surface area contributed by atoms with Crippen LogP contribution in [-0.4, -0.2) is 33.7 Å². The van der Waals surface area contributed by atoms with Gasteiger partial charge in [-0.25, -0.2) is 4.99 Å². The van der Waals surface area contributed by atoms with Crippen LogP contribution in [0.15, 0.2) is 52.4 Å². The topological polar surface area (TPSA) is 62.1 Å². The Labute approximate surface area is 194 Å². The van der Waals surface area contributed by atoms with Crippen LogP contribution in [0.4, 0.5) is 5.69 Å². The number of benzene rings is 2. The number of rotatable bonds is 6. The quantitative estimate of drug-likeness (QED) is 0.525. The molecular formula is C26H30N2O3S. The molecule has 5 nitrogen and oxygen atoms in total. The van der Waals surface area contributed by atoms with E-state index in [0.29, 0.717) is 17.3 Å². The molecule has 2 aromatic rings. The van der Waals surface area contributed by atoms with Crippen molar-refractivity contribution in [2.75, 3.05) is 6.61 Å². The van der Waals surface area contributed by atoms with E-state index in [1.807, 2.05) is 36.1 Å². The molecule has 168 valence electrons. The van der Waals surface area contributed by atoms with Gasteiger partial charge in [-0.3, -0.25) is 9.69 Å². The molecule has 4 rings (SSSR count). The third-order valence-electron chi connectivity index (χ3n) is 5.95. The van der Waals surface area contributed by atoms with Gasteiger partial charge in [0.05, 0.1) is 17.2 Å². The zero-order chi connectivity index (χ0) is 22.5. The van der Waals surface area contributed by atoms with Gasteiger partial charge in [-0.2, -0.15) is 0 Å². The number of aliphatic imine (C=N–C) groups is 1. The summed E-state index contributed by atoms with van der Waals surface area (Å²) in [7, 11) is 0. The Balaban J connectivity index is 1.71. The molecule has 1 N–H and O–H groups in total. The molecule has 2 aromatic carbocycles. The average Bonchev–Trinajstić information content (AvgIpc) is 3.11. The number of aryl methyl sites for hydroxylation is 1. The number of carbonyl (C=O) groups excluding carboxylic acids is 1. The molecule has 1 saturated heterocycles. The fourth-order valence-corrected chi connectivity index (χ4v) is 5.34. The number of hydrogen-bond donors (Lipinski definition) is 1. The van der Waals surface area contributed by atoms with Crippen molar-refractivity contribution in [1.82, 2.24) is 4.90 Å². The van der Waals surface area contributed by atoms with Gasteiger partial charge >= 0.3 is 0 Å². The molecular weight excluding hydrogens is 420 g/mol. The fraction of sp³-hybridized carbons (Fsp3) is 0.385. The van der Waals surface area contributed by atoms with Gasteiger partial charge in [-0.05, 0) is 73.4 Å². The van der Waals surface area contributed by atoms with E-state index in [9.17, 15) is 9.90 Å². The van der Waals surface area contributed by atoms with Gasteiger partial charge in [-0.15, -0.1) is 0 Å². The number of ether oxygens (including phenoxy) is 1. The van der Waals surface area contributed by atoms with E-state index in [4.69, 9.17) is 9.73 Å². The highest BCUT2D eigenvalue weighted by Crippen LogP contribution is 2.39. The van der Waals surface area contributed by atoms with E-state index in [0.717, 1.165) is 48.5 Å². The number of amides is 1. The van der Waals surface area contributed by atoms with Crippen LogP contribution in [0.5, 0.6) is 11.5 Å². The molecule has 6 heteroatoms. The highest BCUT2D eigenvalue weighted by molar-refractivity contribution is 8.18. The zero-order valence-electron chi connectivity index (χ0n) is 18.7. The smallest absolute Gasteiger partial charge is 0.267 e. The van der Waals surface area contributed by atoms with Crippen LogP contribution in [-0.2, 0) is 11.2 Å². The summed E-state index contributed by atoms with van der Waals surface area (Å²) in [6, 6.07) is 13.5. The van der Waals surface area contributed by atoms with Crippen LogP contribution in [0.2, 0.25) is 0 Å². The first kappa shape index (κ1) is 22.5. The zero-order valence-corrected chi connectivity index (χ0v) is 19.5. The summed E-state index contributed by atoms with van der Waals surface area (Å²) in [5, 5.41) is 10.8. The Kier molecular flexibility index (Phi) is 7.20. The Morgan fingerprint density at radius 2 is 1.94 bits per heavy atom. The maximum atomic E-state index is 13.5. The van der Waals surface area contributed by atoms with Crippen molar-refractivity contribution in [3.63, 3.8) is 0 Å². The lowest BCUT2D eigenvalue weighted by molar-refractivity contribution is -0.124. The summed E-state index contributed by atoms with van der Waals surface area (Å²) in [5.74, 6) is 0.537. The van der Waals surface area contributed by atoms with E-state index in [1.54, 1.807) is 18.2 Å². The summed E-state index contributed by atoms with van der Waals surface area (Å²) >= 11 is 1.44. The van der Waals surface area contributed by atoms with Crippen molar-refractivity contribution in [3.05, 3.63) is 58.5 Å². The molecule has 32 heavy (non-hydrogen) atoms. The second kappa shape index (κ2) is 10.3. The first-order valence-corrected chi connectivity index (χ1v) is 12.3. The summed E-state index contributed by atoms with van der Waals surface area (Å²) in [6.07, 6.45) is 8.32. The molecule has 1 amide bonds. The summed E-state index contributed by atoms with van der Waals surface area (Å²) in [6.45, 7) is 4.46. The number of thioether (sulfide) groups is 1. The normalized spacial score (nSPS) is 19.8.